The van der Waals surface area contributed by atoms with E-state index >= 15 is 0 Å². The van der Waals surface area contributed by atoms with Crippen LogP contribution in [0.2, 0.25) is 0 Å². The first-order valence-corrected chi connectivity index (χ1v) is 8.91. The largest absolute Gasteiger partial charge is 0.394 e. The van der Waals surface area contributed by atoms with E-state index in [-0.39, 0.29) is 0 Å². The second-order valence-electron chi connectivity index (χ2n) is 6.77. The van der Waals surface area contributed by atoms with Crippen LogP contribution in [0.15, 0.2) is 0 Å². The average Bonchev–Trinajstić information content (AvgIpc) is 2.67. The summed E-state index contributed by atoms with van der Waals surface area (Å²) < 4.78 is 27.2. The van der Waals surface area contributed by atoms with Crippen molar-refractivity contribution in [2.24, 2.45) is 5.73 Å². The molecule has 164 valence electrons. The van der Waals surface area contributed by atoms with Gasteiger partial charge in [-0.1, -0.05) is 0 Å². The minimum absolute atomic E-state index is 0.430. The summed E-state index contributed by atoms with van der Waals surface area (Å²) in [5.41, 5.74) is 5.98. The summed E-state index contributed by atoms with van der Waals surface area (Å²) in [6, 6.07) is -2.06. The maximum Gasteiger partial charge on any atom is 0.217 e. The molecule has 28 heavy (non-hydrogen) atoms. The Morgan fingerprint density at radius 3 is 2.07 bits per heavy atom. The van der Waals surface area contributed by atoms with Gasteiger partial charge < -0.3 is 55.2 Å². The lowest BCUT2D eigenvalue weighted by molar-refractivity contribution is -0.329. The molecular formula is C16H30N2O10. The number of aliphatic hydroxyl groups excluding tert-OH is 4. The summed E-state index contributed by atoms with van der Waals surface area (Å²) in [6.45, 7) is 0.277. The molecule has 1 amide bonds. The third kappa shape index (κ3) is 4.79. The van der Waals surface area contributed by atoms with Crippen LogP contribution in [0.3, 0.4) is 0 Å². The Morgan fingerprint density at radius 2 is 1.57 bits per heavy atom. The highest BCUT2D eigenvalue weighted by Gasteiger charge is 2.50. The van der Waals surface area contributed by atoms with Crippen molar-refractivity contribution in [2.45, 2.75) is 68.2 Å². The lowest BCUT2D eigenvalue weighted by atomic mass is 9.95. The minimum atomic E-state index is -1.35. The fraction of sp³-hybridized carbons (Fsp3) is 0.938. The third-order valence-electron chi connectivity index (χ3n) is 4.92. The number of rotatable bonds is 7. The molecule has 2 fully saturated rings. The lowest BCUT2D eigenvalue weighted by Gasteiger charge is -2.47. The number of aliphatic hydroxyl groups is 4. The van der Waals surface area contributed by atoms with Crippen LogP contribution in [0.1, 0.15) is 6.92 Å². The number of ether oxygens (including phenoxy) is 5. The molecule has 0 spiro atoms. The predicted octanol–water partition coefficient (Wildman–Crippen LogP) is -3.98. The van der Waals surface area contributed by atoms with Crippen LogP contribution in [-0.2, 0) is 28.5 Å². The van der Waals surface area contributed by atoms with Gasteiger partial charge in [0.15, 0.2) is 12.6 Å². The number of carbonyl (C=O) groups excluding carboxylic acids is 1. The van der Waals surface area contributed by atoms with Gasteiger partial charge in [-0.15, -0.1) is 0 Å². The van der Waals surface area contributed by atoms with Crippen LogP contribution in [0, 0.1) is 0 Å². The number of nitrogens with one attached hydrogen (secondary N) is 1. The van der Waals surface area contributed by atoms with Crippen LogP contribution < -0.4 is 11.1 Å². The van der Waals surface area contributed by atoms with Crippen LogP contribution in [-0.4, -0.2) is 115 Å². The zero-order valence-corrected chi connectivity index (χ0v) is 16.0. The van der Waals surface area contributed by atoms with Gasteiger partial charge in [-0.05, 0) is 0 Å². The van der Waals surface area contributed by atoms with Crippen LogP contribution in [0.25, 0.3) is 0 Å². The minimum Gasteiger partial charge on any atom is -0.394 e. The first-order chi connectivity index (χ1) is 13.3. The zero-order chi connectivity index (χ0) is 21.0. The number of carbonyl (C=O) groups is 1. The van der Waals surface area contributed by atoms with Crippen molar-refractivity contribution in [3.05, 3.63) is 0 Å². The van der Waals surface area contributed by atoms with E-state index in [0.717, 1.165) is 0 Å². The summed E-state index contributed by atoms with van der Waals surface area (Å²) in [4.78, 5) is 11.5. The first-order valence-electron chi connectivity index (χ1n) is 8.91. The Kier molecular flexibility index (Phi) is 8.51. The van der Waals surface area contributed by atoms with E-state index in [1.54, 1.807) is 0 Å². The number of nitrogens with two attached hydrogens (primary N) is 1. The van der Waals surface area contributed by atoms with Gasteiger partial charge in [0.25, 0.3) is 0 Å². The van der Waals surface area contributed by atoms with Gasteiger partial charge in [0, 0.05) is 21.1 Å². The Bertz CT molecular complexity index is 510. The van der Waals surface area contributed by atoms with Crippen LogP contribution in [0.4, 0.5) is 0 Å². The summed E-state index contributed by atoms with van der Waals surface area (Å²) in [5, 5.41) is 42.7. The molecule has 0 saturated carbocycles. The molecule has 4 unspecified atom stereocenters. The smallest absolute Gasteiger partial charge is 0.217 e. The van der Waals surface area contributed by atoms with Gasteiger partial charge >= 0.3 is 0 Å². The van der Waals surface area contributed by atoms with Crippen molar-refractivity contribution in [3.63, 3.8) is 0 Å². The van der Waals surface area contributed by atoms with Gasteiger partial charge in [-0.25, -0.2) is 0 Å². The highest BCUT2D eigenvalue weighted by atomic mass is 16.7. The molecular weight excluding hydrogens is 380 g/mol. The van der Waals surface area contributed by atoms with E-state index in [1.165, 1.54) is 21.1 Å². The van der Waals surface area contributed by atoms with E-state index in [0.29, 0.717) is 0 Å². The quantitative estimate of drug-likeness (QED) is 0.241. The highest BCUT2D eigenvalue weighted by molar-refractivity contribution is 5.73. The summed E-state index contributed by atoms with van der Waals surface area (Å²) in [7, 11) is 2.67. The monoisotopic (exact) mass is 410 g/mol. The van der Waals surface area contributed by atoms with E-state index in [1.807, 2.05) is 0 Å². The molecule has 10 atom stereocenters. The number of methoxy groups -OCH3 is 2. The van der Waals surface area contributed by atoms with Gasteiger partial charge in [0.05, 0.1) is 19.3 Å². The molecule has 2 saturated heterocycles. The van der Waals surface area contributed by atoms with Gasteiger partial charge in [0.1, 0.15) is 42.7 Å². The molecule has 2 aliphatic heterocycles. The Labute approximate surface area is 162 Å². The summed E-state index contributed by atoms with van der Waals surface area (Å²) in [5.74, 6) is -0.430. The molecule has 0 aromatic heterocycles. The van der Waals surface area contributed by atoms with Crippen molar-refractivity contribution in [1.29, 1.82) is 0 Å². The number of hydrogen-bond donors (Lipinski definition) is 6. The predicted molar refractivity (Wildman–Crippen MR) is 91.8 cm³/mol. The standard InChI is InChI=1S/C16H30N2O10/c1-6(21)18-10-12(23)14(8(5-20)27-16(10)25-3)28-15-9(17)11(22)13(24-2)7(4-19)26-15/h7-16,19-20,22-23H,4-5,17H2,1-3H3,(H,18,21)/t7?,8?,9?,10?,11-,12-,13-,14-,15+,16-/m1/s1. The second-order valence-corrected chi connectivity index (χ2v) is 6.77. The maximum atomic E-state index is 11.5. The van der Waals surface area contributed by atoms with Gasteiger partial charge in [0.2, 0.25) is 5.91 Å². The molecule has 12 heteroatoms. The highest BCUT2D eigenvalue weighted by Crippen LogP contribution is 2.29. The van der Waals surface area contributed by atoms with Crippen molar-refractivity contribution in [2.75, 3.05) is 27.4 Å². The van der Waals surface area contributed by atoms with Gasteiger partial charge in [-0.2, -0.15) is 0 Å². The topological polar surface area (TPSA) is 182 Å². The zero-order valence-electron chi connectivity index (χ0n) is 16.0. The maximum absolute atomic E-state index is 11.5. The fourth-order valence-corrected chi connectivity index (χ4v) is 3.48. The molecule has 0 aromatic rings. The van der Waals surface area contributed by atoms with E-state index in [4.69, 9.17) is 29.4 Å². The summed E-state index contributed by atoms with van der Waals surface area (Å²) >= 11 is 0. The molecule has 0 radical (unpaired) electrons. The molecule has 0 bridgehead atoms. The molecule has 12 nitrogen and oxygen atoms in total. The SMILES string of the molecule is CO[C@@H]1OC(CO)[C@@H](O[C@@H]2OC(CO)[C@@H](OC)[C@H](O)C2N)[C@H](O)C1NC(C)=O. The van der Waals surface area contributed by atoms with E-state index in [9.17, 15) is 25.2 Å². The second kappa shape index (κ2) is 10.2. The normalized spacial score (nSPS) is 44.3. The Balaban J connectivity index is 2.20. The summed E-state index contributed by atoms with van der Waals surface area (Å²) in [6.07, 6.45) is -8.81. The molecule has 0 aliphatic carbocycles. The first kappa shape index (κ1) is 23.3. The number of amides is 1. The van der Waals surface area contributed by atoms with Crippen molar-refractivity contribution in [1.82, 2.24) is 5.32 Å². The average molecular weight is 410 g/mol. The van der Waals surface area contributed by atoms with Gasteiger partial charge in [-0.3, -0.25) is 4.79 Å². The van der Waals surface area contributed by atoms with Crippen LogP contribution in [0.5, 0.6) is 0 Å². The molecule has 7 N–H and O–H groups in total. The van der Waals surface area contributed by atoms with Crippen molar-refractivity contribution in [3.8, 4) is 0 Å². The van der Waals surface area contributed by atoms with E-state index < -0.39 is 80.4 Å². The van der Waals surface area contributed by atoms with Crippen molar-refractivity contribution >= 4 is 5.91 Å². The van der Waals surface area contributed by atoms with Crippen molar-refractivity contribution < 1.29 is 48.9 Å². The molecule has 2 rings (SSSR count). The van der Waals surface area contributed by atoms with E-state index in [2.05, 4.69) is 5.32 Å². The molecule has 2 heterocycles. The molecule has 2 aliphatic rings. The van der Waals surface area contributed by atoms with Crippen LogP contribution >= 0.6 is 0 Å². The Morgan fingerprint density at radius 1 is 1.00 bits per heavy atom. The molecule has 0 aromatic carbocycles. The number of hydrogen-bond acceptors (Lipinski definition) is 11. The lowest BCUT2D eigenvalue weighted by Crippen LogP contribution is -2.68. The third-order valence-corrected chi connectivity index (χ3v) is 4.92. The Hall–Kier alpha value is -0.930. The fourth-order valence-electron chi connectivity index (χ4n) is 3.48.